The second-order valence-electron chi connectivity index (χ2n) is 4.04. The smallest absolute Gasteiger partial charge is 0.326 e. The molecule has 0 saturated heterocycles. The third-order valence-corrected chi connectivity index (χ3v) is 2.94. The second kappa shape index (κ2) is 3.87. The van der Waals surface area contributed by atoms with E-state index in [0.29, 0.717) is 18.6 Å². The first-order chi connectivity index (χ1) is 7.59. The molecule has 1 aliphatic rings. The zero-order chi connectivity index (χ0) is 11.8. The van der Waals surface area contributed by atoms with E-state index >= 15 is 0 Å². The van der Waals surface area contributed by atoms with Crippen molar-refractivity contribution in [3.63, 3.8) is 0 Å². The topological polar surface area (TPSA) is 52.3 Å². The van der Waals surface area contributed by atoms with E-state index in [-0.39, 0.29) is 11.7 Å². The van der Waals surface area contributed by atoms with Crippen LogP contribution in [0.3, 0.4) is 0 Å². The van der Waals surface area contributed by atoms with Gasteiger partial charge in [-0.3, -0.25) is 4.79 Å². The van der Waals surface area contributed by atoms with Crippen LogP contribution in [0.15, 0.2) is 24.3 Å². The number of carbonyl (C=O) groups excluding carboxylic acids is 1. The summed E-state index contributed by atoms with van der Waals surface area (Å²) in [6.07, 6.45) is 0.451. The first-order valence-corrected chi connectivity index (χ1v) is 5.30. The van der Waals surface area contributed by atoms with Crippen LogP contribution < -0.4 is 5.73 Å². The summed E-state index contributed by atoms with van der Waals surface area (Å²) in [6, 6.07) is 6.39. The van der Waals surface area contributed by atoms with Gasteiger partial charge in [0.15, 0.2) is 0 Å². The summed E-state index contributed by atoms with van der Waals surface area (Å²) in [7, 11) is 0. The molecule has 16 heavy (non-hydrogen) atoms. The van der Waals surface area contributed by atoms with Gasteiger partial charge >= 0.3 is 5.97 Å². The number of benzene rings is 1. The first kappa shape index (κ1) is 11.1. The number of rotatable bonds is 3. The molecule has 1 aromatic rings. The summed E-state index contributed by atoms with van der Waals surface area (Å²) in [6.45, 7) is 2.02. The second-order valence-corrected chi connectivity index (χ2v) is 4.04. The van der Waals surface area contributed by atoms with Gasteiger partial charge in [0.25, 0.3) is 0 Å². The quantitative estimate of drug-likeness (QED) is 0.791. The van der Waals surface area contributed by atoms with Crippen LogP contribution in [0, 0.1) is 5.82 Å². The van der Waals surface area contributed by atoms with E-state index in [9.17, 15) is 9.18 Å². The molecule has 1 fully saturated rings. The van der Waals surface area contributed by atoms with Crippen molar-refractivity contribution in [2.75, 3.05) is 6.61 Å². The van der Waals surface area contributed by atoms with Crippen LogP contribution in [0.5, 0.6) is 0 Å². The summed E-state index contributed by atoms with van der Waals surface area (Å²) in [5, 5.41) is 0. The van der Waals surface area contributed by atoms with Crippen LogP contribution >= 0.6 is 0 Å². The predicted molar refractivity (Wildman–Crippen MR) is 57.3 cm³/mol. The lowest BCUT2D eigenvalue weighted by molar-refractivity contribution is -0.146. The molecule has 0 amide bonds. The largest absolute Gasteiger partial charge is 0.465 e. The van der Waals surface area contributed by atoms with Crippen LogP contribution in [0.2, 0.25) is 0 Å². The Bertz CT molecular complexity index is 421. The maximum atomic E-state index is 13.5. The molecule has 2 unspecified atom stereocenters. The number of nitrogens with two attached hydrogens (primary N) is 1. The number of hydrogen-bond acceptors (Lipinski definition) is 3. The molecule has 0 radical (unpaired) electrons. The number of esters is 1. The average molecular weight is 223 g/mol. The van der Waals surface area contributed by atoms with Gasteiger partial charge in [-0.2, -0.15) is 0 Å². The van der Waals surface area contributed by atoms with Crippen molar-refractivity contribution in [1.29, 1.82) is 0 Å². The fraction of sp³-hybridized carbons (Fsp3) is 0.417. The van der Waals surface area contributed by atoms with Gasteiger partial charge in [0.2, 0.25) is 0 Å². The maximum absolute atomic E-state index is 13.5. The third-order valence-electron chi connectivity index (χ3n) is 2.94. The molecule has 4 heteroatoms. The number of halogens is 1. The van der Waals surface area contributed by atoms with E-state index in [0.717, 1.165) is 0 Å². The minimum absolute atomic E-state index is 0.257. The fourth-order valence-corrected chi connectivity index (χ4v) is 1.92. The van der Waals surface area contributed by atoms with Crippen LogP contribution in [0.4, 0.5) is 4.39 Å². The highest BCUT2D eigenvalue weighted by Gasteiger charge is 2.59. The van der Waals surface area contributed by atoms with E-state index in [2.05, 4.69) is 0 Å². The molecule has 0 heterocycles. The van der Waals surface area contributed by atoms with Crippen LogP contribution in [0.25, 0.3) is 0 Å². The third kappa shape index (κ3) is 1.69. The molecule has 2 N–H and O–H groups in total. The predicted octanol–water partition coefficient (Wildman–Crippen LogP) is 1.57. The Kier molecular flexibility index (Phi) is 2.68. The number of ether oxygens (including phenoxy) is 1. The van der Waals surface area contributed by atoms with Gasteiger partial charge in [-0.25, -0.2) is 4.39 Å². The number of hydrogen-bond donors (Lipinski definition) is 1. The summed E-state index contributed by atoms with van der Waals surface area (Å²) in [5.74, 6) is -1.01. The molecule has 1 aromatic carbocycles. The Morgan fingerprint density at radius 2 is 2.31 bits per heavy atom. The average Bonchev–Trinajstić information content (AvgIpc) is 2.93. The Hall–Kier alpha value is -1.42. The first-order valence-electron chi connectivity index (χ1n) is 5.30. The van der Waals surface area contributed by atoms with E-state index < -0.39 is 11.5 Å². The molecule has 1 saturated carbocycles. The molecule has 0 spiro atoms. The van der Waals surface area contributed by atoms with Crippen molar-refractivity contribution in [3.05, 3.63) is 35.6 Å². The SMILES string of the molecule is CCOC(=O)C1(N)CC1c1ccccc1F. The molecular weight excluding hydrogens is 209 g/mol. The van der Waals surface area contributed by atoms with Gasteiger partial charge in [-0.1, -0.05) is 18.2 Å². The minimum atomic E-state index is -1.03. The fourth-order valence-electron chi connectivity index (χ4n) is 1.92. The van der Waals surface area contributed by atoms with E-state index in [1.54, 1.807) is 25.1 Å². The maximum Gasteiger partial charge on any atom is 0.326 e. The van der Waals surface area contributed by atoms with Gasteiger partial charge < -0.3 is 10.5 Å². The minimum Gasteiger partial charge on any atom is -0.465 e. The van der Waals surface area contributed by atoms with Crippen molar-refractivity contribution in [1.82, 2.24) is 0 Å². The molecule has 0 aromatic heterocycles. The van der Waals surface area contributed by atoms with Crippen LogP contribution in [-0.2, 0) is 9.53 Å². The van der Waals surface area contributed by atoms with Gasteiger partial charge in [0, 0.05) is 5.92 Å². The van der Waals surface area contributed by atoms with E-state index in [1.165, 1.54) is 6.07 Å². The van der Waals surface area contributed by atoms with Crippen molar-refractivity contribution in [2.24, 2.45) is 5.73 Å². The molecular formula is C12H14FNO2. The van der Waals surface area contributed by atoms with Crippen LogP contribution in [-0.4, -0.2) is 18.1 Å². The Balaban J connectivity index is 2.17. The lowest BCUT2D eigenvalue weighted by Crippen LogP contribution is -2.36. The van der Waals surface area contributed by atoms with E-state index in [4.69, 9.17) is 10.5 Å². The van der Waals surface area contributed by atoms with Gasteiger partial charge in [0.1, 0.15) is 11.4 Å². The Morgan fingerprint density at radius 1 is 1.62 bits per heavy atom. The molecule has 0 aliphatic heterocycles. The standard InChI is InChI=1S/C12H14FNO2/c1-2-16-11(15)12(14)7-9(12)8-5-3-4-6-10(8)13/h3-6,9H,2,7,14H2,1H3. The molecule has 1 aliphatic carbocycles. The molecule has 86 valence electrons. The highest BCUT2D eigenvalue weighted by Crippen LogP contribution is 2.50. The zero-order valence-corrected chi connectivity index (χ0v) is 9.07. The van der Waals surface area contributed by atoms with Crippen LogP contribution in [0.1, 0.15) is 24.8 Å². The lowest BCUT2D eigenvalue weighted by atomic mass is 10.1. The molecule has 0 bridgehead atoms. The zero-order valence-electron chi connectivity index (χ0n) is 9.07. The van der Waals surface area contributed by atoms with Gasteiger partial charge in [-0.05, 0) is 25.0 Å². The Morgan fingerprint density at radius 3 is 2.94 bits per heavy atom. The summed E-state index contributed by atoms with van der Waals surface area (Å²) >= 11 is 0. The molecule has 2 rings (SSSR count). The van der Waals surface area contributed by atoms with E-state index in [1.807, 2.05) is 0 Å². The highest BCUT2D eigenvalue weighted by molar-refractivity contribution is 5.86. The lowest BCUT2D eigenvalue weighted by Gasteiger charge is -2.10. The molecule has 2 atom stereocenters. The van der Waals surface area contributed by atoms with Gasteiger partial charge in [0.05, 0.1) is 6.61 Å². The monoisotopic (exact) mass is 223 g/mol. The summed E-state index contributed by atoms with van der Waals surface area (Å²) in [5.41, 5.74) is 5.35. The van der Waals surface area contributed by atoms with Crippen molar-refractivity contribution >= 4 is 5.97 Å². The van der Waals surface area contributed by atoms with Crippen molar-refractivity contribution in [2.45, 2.75) is 24.8 Å². The summed E-state index contributed by atoms with van der Waals surface area (Å²) in [4.78, 5) is 11.6. The Labute approximate surface area is 93.4 Å². The normalized spacial score (nSPS) is 27.6. The van der Waals surface area contributed by atoms with Gasteiger partial charge in [-0.15, -0.1) is 0 Å². The van der Waals surface area contributed by atoms with Crippen molar-refractivity contribution < 1.29 is 13.9 Å². The molecule has 3 nitrogen and oxygen atoms in total. The number of carbonyl (C=O) groups is 1. The van der Waals surface area contributed by atoms with Crippen molar-refractivity contribution in [3.8, 4) is 0 Å². The summed E-state index contributed by atoms with van der Waals surface area (Å²) < 4.78 is 18.3. The highest BCUT2D eigenvalue weighted by atomic mass is 19.1.